The Bertz CT molecular complexity index is 600. The molecule has 0 aromatic heterocycles. The van der Waals surface area contributed by atoms with Gasteiger partial charge in [0.15, 0.2) is 0 Å². The van der Waals surface area contributed by atoms with Gasteiger partial charge in [-0.2, -0.15) is 0 Å². The zero-order chi connectivity index (χ0) is 17.7. The molecule has 25 heavy (non-hydrogen) atoms. The first kappa shape index (κ1) is 21.6. The van der Waals surface area contributed by atoms with E-state index in [1.807, 2.05) is 0 Å². The molecule has 3 N–H and O–H groups in total. The van der Waals surface area contributed by atoms with Crippen LogP contribution in [-0.2, 0) is 4.79 Å². The third-order valence-electron chi connectivity index (χ3n) is 3.99. The van der Waals surface area contributed by atoms with Crippen LogP contribution in [0.4, 0.5) is 8.78 Å². The standard InChI is InChI=1S/C16H20ClF2N3O2.ClH/c17-13-5-3-11(4-6-13)15(24)22-7-1-2-12(8-22)14(23)21-10-16(18,19)9-20;/h3-6,12H,1-2,7-10,20H2,(H,21,23);1H. The van der Waals surface area contributed by atoms with E-state index in [9.17, 15) is 18.4 Å². The van der Waals surface area contributed by atoms with Crippen molar-refractivity contribution < 1.29 is 18.4 Å². The van der Waals surface area contributed by atoms with E-state index in [0.29, 0.717) is 30.0 Å². The molecule has 1 saturated heterocycles. The minimum absolute atomic E-state index is 0. The van der Waals surface area contributed by atoms with E-state index in [1.54, 1.807) is 29.2 Å². The summed E-state index contributed by atoms with van der Waals surface area (Å²) in [4.78, 5) is 26.1. The summed E-state index contributed by atoms with van der Waals surface area (Å²) < 4.78 is 26.2. The molecule has 9 heteroatoms. The lowest BCUT2D eigenvalue weighted by molar-refractivity contribution is -0.128. The molecule has 5 nitrogen and oxygen atoms in total. The number of hydrogen-bond acceptors (Lipinski definition) is 3. The molecule has 1 aromatic rings. The Kier molecular flexibility index (Phi) is 8.05. The average molecular weight is 396 g/mol. The molecule has 1 aromatic carbocycles. The molecule has 1 aliphatic heterocycles. The van der Waals surface area contributed by atoms with E-state index in [2.05, 4.69) is 5.32 Å². The summed E-state index contributed by atoms with van der Waals surface area (Å²) in [5.74, 6) is -4.29. The van der Waals surface area contributed by atoms with E-state index in [0.717, 1.165) is 0 Å². The van der Waals surface area contributed by atoms with Gasteiger partial charge in [0.2, 0.25) is 5.91 Å². The smallest absolute Gasteiger partial charge is 0.277 e. The zero-order valence-electron chi connectivity index (χ0n) is 13.5. The van der Waals surface area contributed by atoms with Gasteiger partial charge in [-0.3, -0.25) is 9.59 Å². The van der Waals surface area contributed by atoms with Crippen molar-refractivity contribution in [2.45, 2.75) is 18.8 Å². The first-order valence-corrected chi connectivity index (χ1v) is 8.10. The van der Waals surface area contributed by atoms with Crippen molar-refractivity contribution >= 4 is 35.8 Å². The summed E-state index contributed by atoms with van der Waals surface area (Å²) in [6.45, 7) is -0.866. The maximum atomic E-state index is 13.1. The molecule has 1 fully saturated rings. The van der Waals surface area contributed by atoms with Crippen LogP contribution in [0.3, 0.4) is 0 Å². The van der Waals surface area contributed by atoms with Gasteiger partial charge in [-0.15, -0.1) is 12.4 Å². The highest BCUT2D eigenvalue weighted by Gasteiger charge is 2.32. The average Bonchev–Trinajstić information content (AvgIpc) is 2.60. The molecule has 1 heterocycles. The number of carbonyl (C=O) groups is 2. The Labute approximate surface area is 156 Å². The second-order valence-corrected chi connectivity index (χ2v) is 6.31. The largest absolute Gasteiger partial charge is 0.350 e. The lowest BCUT2D eigenvalue weighted by atomic mass is 9.96. The van der Waals surface area contributed by atoms with E-state index in [-0.39, 0.29) is 24.9 Å². The van der Waals surface area contributed by atoms with Gasteiger partial charge in [0, 0.05) is 23.7 Å². The summed E-state index contributed by atoms with van der Waals surface area (Å²) in [7, 11) is 0. The first-order valence-electron chi connectivity index (χ1n) is 7.73. The van der Waals surface area contributed by atoms with Crippen molar-refractivity contribution in [3.8, 4) is 0 Å². The van der Waals surface area contributed by atoms with Crippen molar-refractivity contribution in [1.29, 1.82) is 0 Å². The lowest BCUT2D eigenvalue weighted by Gasteiger charge is -2.32. The number of rotatable bonds is 5. The first-order chi connectivity index (χ1) is 11.3. The highest BCUT2D eigenvalue weighted by atomic mass is 35.5. The molecule has 140 valence electrons. The van der Waals surface area contributed by atoms with Crippen molar-refractivity contribution in [3.63, 3.8) is 0 Å². The number of benzene rings is 1. The maximum Gasteiger partial charge on any atom is 0.277 e. The fourth-order valence-corrected chi connectivity index (χ4v) is 2.71. The van der Waals surface area contributed by atoms with Crippen LogP contribution in [0.25, 0.3) is 0 Å². The number of alkyl halides is 2. The van der Waals surface area contributed by atoms with E-state index in [1.165, 1.54) is 0 Å². The van der Waals surface area contributed by atoms with Crippen LogP contribution in [0.5, 0.6) is 0 Å². The van der Waals surface area contributed by atoms with Gasteiger partial charge in [-0.1, -0.05) is 11.6 Å². The molecule has 2 amide bonds. The quantitative estimate of drug-likeness (QED) is 0.802. The van der Waals surface area contributed by atoms with Gasteiger partial charge >= 0.3 is 0 Å². The predicted molar refractivity (Wildman–Crippen MR) is 94.3 cm³/mol. The monoisotopic (exact) mass is 395 g/mol. The highest BCUT2D eigenvalue weighted by molar-refractivity contribution is 6.30. The van der Waals surface area contributed by atoms with E-state index < -0.39 is 30.8 Å². The Morgan fingerprint density at radius 3 is 2.56 bits per heavy atom. The Balaban J connectivity index is 0.00000312. The van der Waals surface area contributed by atoms with Crippen molar-refractivity contribution in [3.05, 3.63) is 34.9 Å². The number of likely N-dealkylation sites (tertiary alicyclic amines) is 1. The normalized spacial score (nSPS) is 17.6. The van der Waals surface area contributed by atoms with E-state index >= 15 is 0 Å². The topological polar surface area (TPSA) is 75.4 Å². The van der Waals surface area contributed by atoms with Gasteiger partial charge in [0.05, 0.1) is 19.0 Å². The maximum absolute atomic E-state index is 13.1. The van der Waals surface area contributed by atoms with Gasteiger partial charge in [0.25, 0.3) is 11.8 Å². The number of hydrogen-bond donors (Lipinski definition) is 2. The van der Waals surface area contributed by atoms with Crippen LogP contribution in [0.15, 0.2) is 24.3 Å². The molecule has 0 bridgehead atoms. The third-order valence-corrected chi connectivity index (χ3v) is 4.24. The molecular weight excluding hydrogens is 375 g/mol. The molecule has 0 spiro atoms. The number of nitrogens with two attached hydrogens (primary N) is 1. The van der Waals surface area contributed by atoms with E-state index in [4.69, 9.17) is 17.3 Å². The molecular formula is C16H21Cl2F2N3O2. The summed E-state index contributed by atoms with van der Waals surface area (Å²) >= 11 is 5.80. The summed E-state index contributed by atoms with van der Waals surface area (Å²) in [6, 6.07) is 6.49. The van der Waals surface area contributed by atoms with Crippen molar-refractivity contribution in [2.75, 3.05) is 26.2 Å². The number of amides is 2. The minimum Gasteiger partial charge on any atom is -0.350 e. The number of nitrogens with zero attached hydrogens (tertiary/aromatic N) is 1. The molecule has 1 atom stereocenters. The summed E-state index contributed by atoms with van der Waals surface area (Å²) in [5.41, 5.74) is 5.43. The SMILES string of the molecule is Cl.NCC(F)(F)CNC(=O)C1CCCN(C(=O)c2ccc(Cl)cc2)C1. The van der Waals surface area contributed by atoms with Crippen LogP contribution in [-0.4, -0.2) is 48.8 Å². The number of halogens is 4. The van der Waals surface area contributed by atoms with Crippen molar-refractivity contribution in [2.24, 2.45) is 11.7 Å². The minimum atomic E-state index is -3.12. The molecule has 1 unspecified atom stereocenters. The zero-order valence-corrected chi connectivity index (χ0v) is 15.1. The summed E-state index contributed by atoms with van der Waals surface area (Å²) in [6.07, 6.45) is 1.20. The van der Waals surface area contributed by atoms with Gasteiger partial charge in [-0.25, -0.2) is 8.78 Å². The van der Waals surface area contributed by atoms with Crippen molar-refractivity contribution in [1.82, 2.24) is 10.2 Å². The van der Waals surface area contributed by atoms with Crippen LogP contribution >= 0.6 is 24.0 Å². The molecule has 0 aliphatic carbocycles. The lowest BCUT2D eigenvalue weighted by Crippen LogP contribution is -2.48. The second-order valence-electron chi connectivity index (χ2n) is 5.88. The van der Waals surface area contributed by atoms with Gasteiger partial charge in [-0.05, 0) is 37.1 Å². The van der Waals surface area contributed by atoms with Crippen LogP contribution in [0.2, 0.25) is 5.02 Å². The number of nitrogens with one attached hydrogen (secondary N) is 1. The molecule has 1 aliphatic rings. The fourth-order valence-electron chi connectivity index (χ4n) is 2.58. The van der Waals surface area contributed by atoms with Gasteiger partial charge < -0.3 is 16.0 Å². The summed E-state index contributed by atoms with van der Waals surface area (Å²) in [5, 5.41) is 2.76. The molecule has 0 radical (unpaired) electrons. The molecule has 2 rings (SSSR count). The second kappa shape index (κ2) is 9.31. The van der Waals surface area contributed by atoms with Crippen LogP contribution in [0.1, 0.15) is 23.2 Å². The van der Waals surface area contributed by atoms with Crippen LogP contribution in [0, 0.1) is 5.92 Å². The number of piperidine rings is 1. The third kappa shape index (κ3) is 6.09. The Morgan fingerprint density at radius 2 is 1.96 bits per heavy atom. The Hall–Kier alpha value is -1.44. The Morgan fingerprint density at radius 1 is 1.32 bits per heavy atom. The van der Waals surface area contributed by atoms with Crippen LogP contribution < -0.4 is 11.1 Å². The molecule has 0 saturated carbocycles. The van der Waals surface area contributed by atoms with Gasteiger partial charge in [0.1, 0.15) is 0 Å². The fraction of sp³-hybridized carbons (Fsp3) is 0.500. The number of carbonyl (C=O) groups excluding carboxylic acids is 2. The highest BCUT2D eigenvalue weighted by Crippen LogP contribution is 2.20. The predicted octanol–water partition coefficient (Wildman–Crippen LogP) is 2.32.